The van der Waals surface area contributed by atoms with Crippen molar-refractivity contribution in [2.45, 2.75) is 33.0 Å². The third-order valence-electron chi connectivity index (χ3n) is 4.23. The average Bonchev–Trinajstić information content (AvgIpc) is 3.19. The van der Waals surface area contributed by atoms with Crippen LogP contribution >= 0.6 is 35.3 Å². The van der Waals surface area contributed by atoms with E-state index in [1.165, 1.54) is 0 Å². The zero-order valence-electron chi connectivity index (χ0n) is 18.4. The van der Waals surface area contributed by atoms with Crippen LogP contribution in [0, 0.1) is 0 Å². The van der Waals surface area contributed by atoms with Crippen LogP contribution in [0.2, 0.25) is 0 Å². The van der Waals surface area contributed by atoms with Gasteiger partial charge in [0.05, 0.1) is 25.4 Å². The van der Waals surface area contributed by atoms with Crippen LogP contribution in [0.3, 0.4) is 0 Å². The van der Waals surface area contributed by atoms with Crippen LogP contribution in [-0.4, -0.2) is 56.9 Å². The third kappa shape index (κ3) is 8.75. The fourth-order valence-electron chi connectivity index (χ4n) is 2.61. The minimum Gasteiger partial charge on any atom is -0.491 e. The van der Waals surface area contributed by atoms with Gasteiger partial charge in [-0.25, -0.2) is 9.98 Å². The molecule has 0 aliphatic carbocycles. The fraction of sp³-hybridized carbons (Fsp3) is 0.524. The highest BCUT2D eigenvalue weighted by Crippen LogP contribution is 2.21. The highest BCUT2D eigenvalue weighted by Gasteiger charge is 2.12. The quantitative estimate of drug-likeness (QED) is 0.198. The number of aliphatic imine (C=N–C) groups is 1. The van der Waals surface area contributed by atoms with Gasteiger partial charge in [0, 0.05) is 33.2 Å². The van der Waals surface area contributed by atoms with Crippen LogP contribution in [0.5, 0.6) is 5.75 Å². The summed E-state index contributed by atoms with van der Waals surface area (Å²) in [7, 11) is 5.38. The smallest absolute Gasteiger partial charge is 0.194 e. The number of aromatic nitrogens is 1. The van der Waals surface area contributed by atoms with E-state index in [9.17, 15) is 0 Å². The number of hydrogen-bond acceptors (Lipinski definition) is 6. The molecule has 30 heavy (non-hydrogen) atoms. The lowest BCUT2D eigenvalue weighted by Gasteiger charge is -2.21. The van der Waals surface area contributed by atoms with Crippen LogP contribution in [0.4, 0.5) is 0 Å². The van der Waals surface area contributed by atoms with Crippen molar-refractivity contribution in [2.24, 2.45) is 4.99 Å². The maximum Gasteiger partial charge on any atom is 0.194 e. The van der Waals surface area contributed by atoms with Gasteiger partial charge in [-0.3, -0.25) is 0 Å². The summed E-state index contributed by atoms with van der Waals surface area (Å²) in [5.41, 5.74) is 2.10. The highest BCUT2D eigenvalue weighted by molar-refractivity contribution is 14.0. The predicted molar refractivity (Wildman–Crippen MR) is 133 cm³/mol. The first-order valence-electron chi connectivity index (χ1n) is 9.74. The van der Waals surface area contributed by atoms with Gasteiger partial charge in [-0.1, -0.05) is 12.1 Å². The number of nitrogens with zero attached hydrogens (tertiary/aromatic N) is 3. The minimum atomic E-state index is 0. The Morgan fingerprint density at radius 2 is 2.10 bits per heavy atom. The summed E-state index contributed by atoms with van der Waals surface area (Å²) < 4.78 is 16.1. The molecular formula is C21H33IN4O3S. The highest BCUT2D eigenvalue weighted by atomic mass is 127. The predicted octanol–water partition coefficient (Wildman–Crippen LogP) is 4.09. The number of hydrogen-bond donors (Lipinski definition) is 1. The van der Waals surface area contributed by atoms with Crippen molar-refractivity contribution in [1.29, 1.82) is 0 Å². The zero-order valence-corrected chi connectivity index (χ0v) is 21.5. The van der Waals surface area contributed by atoms with E-state index in [-0.39, 0.29) is 30.1 Å². The molecule has 0 aliphatic heterocycles. The fourth-order valence-corrected chi connectivity index (χ4v) is 3.45. The first kappa shape index (κ1) is 26.6. The number of thiazole rings is 1. The normalized spacial score (nSPS) is 12.2. The molecule has 1 unspecified atom stereocenters. The van der Waals surface area contributed by atoms with Gasteiger partial charge in [0.1, 0.15) is 23.5 Å². The summed E-state index contributed by atoms with van der Waals surface area (Å²) >= 11 is 1.62. The maximum atomic E-state index is 5.68. The van der Waals surface area contributed by atoms with Crippen LogP contribution in [0.25, 0.3) is 0 Å². The lowest BCUT2D eigenvalue weighted by molar-refractivity contribution is 0.119. The SMILES string of the molecule is CCNC(=NCc1cccc(OCCOC)c1)N(C)Cc1csc(C(C)OC)n1.I. The second-order valence-corrected chi connectivity index (χ2v) is 7.46. The van der Waals surface area contributed by atoms with Crippen LogP contribution < -0.4 is 10.1 Å². The molecule has 9 heteroatoms. The molecule has 0 spiro atoms. The van der Waals surface area contributed by atoms with Crippen LogP contribution in [-0.2, 0) is 22.6 Å². The zero-order chi connectivity index (χ0) is 21.1. The molecule has 1 aromatic carbocycles. The van der Waals surface area contributed by atoms with E-state index in [0.29, 0.717) is 26.3 Å². The number of ether oxygens (including phenoxy) is 3. The van der Waals surface area contributed by atoms with Crippen molar-refractivity contribution in [1.82, 2.24) is 15.2 Å². The molecular weight excluding hydrogens is 515 g/mol. The van der Waals surface area contributed by atoms with E-state index in [0.717, 1.165) is 34.5 Å². The molecule has 1 atom stereocenters. The van der Waals surface area contributed by atoms with Gasteiger partial charge in [-0.05, 0) is 31.5 Å². The first-order valence-corrected chi connectivity index (χ1v) is 10.6. The van der Waals surface area contributed by atoms with Crippen molar-refractivity contribution in [3.05, 3.63) is 45.9 Å². The van der Waals surface area contributed by atoms with E-state index >= 15 is 0 Å². The Balaban J connectivity index is 0.00000450. The molecule has 0 amide bonds. The maximum absolute atomic E-state index is 5.68. The van der Waals surface area contributed by atoms with E-state index in [1.807, 2.05) is 32.2 Å². The molecule has 0 saturated carbocycles. The molecule has 0 aliphatic rings. The van der Waals surface area contributed by atoms with Crippen molar-refractivity contribution >= 4 is 41.3 Å². The molecule has 0 saturated heterocycles. The van der Waals surface area contributed by atoms with Gasteiger partial charge in [0.2, 0.25) is 0 Å². The van der Waals surface area contributed by atoms with Gasteiger partial charge < -0.3 is 24.4 Å². The van der Waals surface area contributed by atoms with E-state index in [4.69, 9.17) is 19.2 Å². The van der Waals surface area contributed by atoms with Gasteiger partial charge >= 0.3 is 0 Å². The van der Waals surface area contributed by atoms with E-state index in [2.05, 4.69) is 33.6 Å². The average molecular weight is 548 g/mol. The summed E-state index contributed by atoms with van der Waals surface area (Å²) in [5, 5.41) is 6.41. The molecule has 0 radical (unpaired) electrons. The molecule has 0 fully saturated rings. The molecule has 0 bridgehead atoms. The largest absolute Gasteiger partial charge is 0.491 e. The Hall–Kier alpha value is -1.43. The van der Waals surface area contributed by atoms with Crippen molar-refractivity contribution in [2.75, 3.05) is 41.0 Å². The van der Waals surface area contributed by atoms with Gasteiger partial charge in [0.15, 0.2) is 5.96 Å². The monoisotopic (exact) mass is 548 g/mol. The molecule has 1 heterocycles. The second-order valence-electron chi connectivity index (χ2n) is 6.57. The van der Waals surface area contributed by atoms with E-state index in [1.54, 1.807) is 25.6 Å². The Kier molecular flexibility index (Phi) is 12.9. The van der Waals surface area contributed by atoms with Gasteiger partial charge in [-0.2, -0.15) is 0 Å². The Morgan fingerprint density at radius 3 is 2.80 bits per heavy atom. The molecule has 1 N–H and O–H groups in total. The first-order chi connectivity index (χ1) is 14.1. The standard InChI is InChI=1S/C21H32N4O3S.HI/c1-6-22-21(25(3)14-18-15-29-20(24-18)16(2)27-5)23-13-17-8-7-9-19(12-17)28-11-10-26-4;/h7-9,12,15-16H,6,10-11,13-14H2,1-5H3,(H,22,23);1H. The van der Waals surface area contributed by atoms with Crippen LogP contribution in [0.1, 0.15) is 36.2 Å². The number of methoxy groups -OCH3 is 2. The van der Waals surface area contributed by atoms with Crippen molar-refractivity contribution in [3.63, 3.8) is 0 Å². The van der Waals surface area contributed by atoms with Crippen LogP contribution in [0.15, 0.2) is 34.6 Å². The molecule has 2 aromatic rings. The topological polar surface area (TPSA) is 68.2 Å². The number of nitrogens with one attached hydrogen (secondary N) is 1. The molecule has 2 rings (SSSR count). The number of benzene rings is 1. The molecule has 168 valence electrons. The number of guanidine groups is 1. The van der Waals surface area contributed by atoms with Crippen molar-refractivity contribution < 1.29 is 14.2 Å². The Bertz CT molecular complexity index is 772. The number of rotatable bonds is 11. The summed E-state index contributed by atoms with van der Waals surface area (Å²) in [6.07, 6.45) is 0.0133. The third-order valence-corrected chi connectivity index (χ3v) is 5.29. The minimum absolute atomic E-state index is 0. The Morgan fingerprint density at radius 1 is 1.30 bits per heavy atom. The summed E-state index contributed by atoms with van der Waals surface area (Å²) in [6.45, 7) is 7.22. The lowest BCUT2D eigenvalue weighted by atomic mass is 10.2. The van der Waals surface area contributed by atoms with Gasteiger partial charge in [-0.15, -0.1) is 35.3 Å². The molecule has 1 aromatic heterocycles. The van der Waals surface area contributed by atoms with E-state index < -0.39 is 0 Å². The summed E-state index contributed by atoms with van der Waals surface area (Å²) in [6, 6.07) is 8.00. The molecule has 7 nitrogen and oxygen atoms in total. The second kappa shape index (κ2) is 14.6. The van der Waals surface area contributed by atoms with Crippen molar-refractivity contribution in [3.8, 4) is 5.75 Å². The Labute approximate surface area is 200 Å². The lowest BCUT2D eigenvalue weighted by Crippen LogP contribution is -2.38. The summed E-state index contributed by atoms with van der Waals surface area (Å²) in [4.78, 5) is 11.5. The van der Waals surface area contributed by atoms with Gasteiger partial charge in [0.25, 0.3) is 0 Å². The summed E-state index contributed by atoms with van der Waals surface area (Å²) in [5.74, 6) is 1.67. The number of halogens is 1.